The number of benzene rings is 2. The van der Waals surface area contributed by atoms with E-state index in [2.05, 4.69) is 5.32 Å². The number of carbonyl (C=O) groups is 1. The number of aromatic nitrogens is 1. The number of hydrogen-bond acceptors (Lipinski definition) is 2. The van der Waals surface area contributed by atoms with Crippen LogP contribution in [0.5, 0.6) is 0 Å². The summed E-state index contributed by atoms with van der Waals surface area (Å²) in [5.41, 5.74) is 0.602. The molecule has 0 atom stereocenters. The van der Waals surface area contributed by atoms with Crippen molar-refractivity contribution < 1.29 is 9.18 Å². The second-order valence-corrected chi connectivity index (χ2v) is 5.99. The van der Waals surface area contributed by atoms with Crippen molar-refractivity contribution in [2.24, 2.45) is 0 Å². The van der Waals surface area contributed by atoms with Crippen LogP contribution >= 0.6 is 23.2 Å². The number of pyridine rings is 1. The van der Waals surface area contributed by atoms with Gasteiger partial charge in [0.25, 0.3) is 0 Å². The van der Waals surface area contributed by atoms with Crippen LogP contribution in [0.3, 0.4) is 0 Å². The van der Waals surface area contributed by atoms with Crippen molar-refractivity contribution in [1.82, 2.24) is 4.57 Å². The predicted molar refractivity (Wildman–Crippen MR) is 93.3 cm³/mol. The third-order valence-electron chi connectivity index (χ3n) is 3.46. The summed E-state index contributed by atoms with van der Waals surface area (Å²) in [4.78, 5) is 24.1. The van der Waals surface area contributed by atoms with E-state index in [4.69, 9.17) is 23.2 Å². The molecule has 0 spiro atoms. The zero-order valence-corrected chi connectivity index (χ0v) is 13.7. The molecule has 1 amide bonds. The summed E-state index contributed by atoms with van der Waals surface area (Å²) in [6.07, 6.45) is 1.49. The lowest BCUT2D eigenvalue weighted by molar-refractivity contribution is -0.116. The Morgan fingerprint density at radius 1 is 1.12 bits per heavy atom. The van der Waals surface area contributed by atoms with Crippen molar-refractivity contribution in [3.05, 3.63) is 74.7 Å². The number of rotatable bonds is 3. The van der Waals surface area contributed by atoms with Crippen molar-refractivity contribution in [2.45, 2.75) is 6.54 Å². The van der Waals surface area contributed by atoms with E-state index in [1.165, 1.54) is 30.5 Å². The maximum atomic E-state index is 13.3. The zero-order valence-electron chi connectivity index (χ0n) is 12.2. The van der Waals surface area contributed by atoms with Crippen molar-refractivity contribution in [3.8, 4) is 0 Å². The minimum absolute atomic E-state index is 0.0542. The third-order valence-corrected chi connectivity index (χ3v) is 4.01. The molecule has 3 rings (SSSR count). The van der Waals surface area contributed by atoms with Crippen molar-refractivity contribution in [1.29, 1.82) is 0 Å². The molecule has 122 valence electrons. The van der Waals surface area contributed by atoms with E-state index in [1.807, 2.05) is 0 Å². The summed E-state index contributed by atoms with van der Waals surface area (Å²) in [5, 5.41) is 3.68. The Labute approximate surface area is 146 Å². The van der Waals surface area contributed by atoms with Crippen LogP contribution < -0.4 is 10.7 Å². The van der Waals surface area contributed by atoms with Gasteiger partial charge in [-0.15, -0.1) is 0 Å². The smallest absolute Gasteiger partial charge is 0.244 e. The number of nitrogens with one attached hydrogen (secondary N) is 1. The highest BCUT2D eigenvalue weighted by atomic mass is 35.5. The lowest BCUT2D eigenvalue weighted by Gasteiger charge is -2.12. The van der Waals surface area contributed by atoms with Crippen molar-refractivity contribution in [2.75, 3.05) is 5.32 Å². The Morgan fingerprint density at radius 3 is 2.67 bits per heavy atom. The molecule has 0 bridgehead atoms. The Hall–Kier alpha value is -2.37. The first-order valence-corrected chi connectivity index (χ1v) is 7.73. The minimum atomic E-state index is -0.505. The molecule has 1 aromatic heterocycles. The Morgan fingerprint density at radius 2 is 1.92 bits per heavy atom. The fourth-order valence-corrected chi connectivity index (χ4v) is 2.81. The summed E-state index contributed by atoms with van der Waals surface area (Å²) >= 11 is 11.8. The normalized spacial score (nSPS) is 10.8. The number of amides is 1. The fourth-order valence-electron chi connectivity index (χ4n) is 2.36. The molecule has 24 heavy (non-hydrogen) atoms. The van der Waals surface area contributed by atoms with E-state index in [-0.39, 0.29) is 23.3 Å². The first-order valence-electron chi connectivity index (χ1n) is 6.97. The topological polar surface area (TPSA) is 51.1 Å². The van der Waals surface area contributed by atoms with Gasteiger partial charge in [-0.2, -0.15) is 0 Å². The highest BCUT2D eigenvalue weighted by Crippen LogP contribution is 2.25. The Kier molecular flexibility index (Phi) is 4.55. The molecular weight excluding hydrogens is 354 g/mol. The monoisotopic (exact) mass is 364 g/mol. The molecule has 7 heteroatoms. The molecule has 2 aromatic carbocycles. The second-order valence-electron chi connectivity index (χ2n) is 5.14. The standard InChI is InChI=1S/C17H11Cl2FN2O2/c18-10-1-3-14(13(19)7-10)21-17(24)9-22-6-5-16(23)12-8-11(20)2-4-15(12)22/h1-8H,9H2,(H,21,24). The van der Waals surface area contributed by atoms with Gasteiger partial charge in [-0.05, 0) is 36.4 Å². The van der Waals surface area contributed by atoms with Gasteiger partial charge in [-0.3, -0.25) is 9.59 Å². The zero-order chi connectivity index (χ0) is 17.3. The molecule has 0 aliphatic heterocycles. The predicted octanol–water partition coefficient (Wildman–Crippen LogP) is 4.09. The molecule has 0 saturated carbocycles. The van der Waals surface area contributed by atoms with E-state index in [0.717, 1.165) is 6.07 Å². The molecule has 0 fully saturated rings. The highest BCUT2D eigenvalue weighted by Gasteiger charge is 2.10. The maximum absolute atomic E-state index is 13.3. The van der Waals surface area contributed by atoms with Crippen molar-refractivity contribution in [3.63, 3.8) is 0 Å². The first-order chi connectivity index (χ1) is 11.4. The SMILES string of the molecule is O=C(Cn1ccc(=O)c2cc(F)ccc21)Nc1ccc(Cl)cc1Cl. The fraction of sp³-hybridized carbons (Fsp3) is 0.0588. The highest BCUT2D eigenvalue weighted by molar-refractivity contribution is 6.36. The van der Waals surface area contributed by atoms with Gasteiger partial charge in [0.05, 0.1) is 16.2 Å². The van der Waals surface area contributed by atoms with E-state index < -0.39 is 5.82 Å². The minimum Gasteiger partial charge on any atom is -0.338 e. The molecule has 0 unspecified atom stereocenters. The van der Waals surface area contributed by atoms with Crippen LogP contribution in [0.25, 0.3) is 10.9 Å². The molecule has 1 N–H and O–H groups in total. The average Bonchev–Trinajstić information content (AvgIpc) is 2.53. The number of anilines is 1. The number of nitrogens with zero attached hydrogens (tertiary/aromatic N) is 1. The van der Waals surface area contributed by atoms with Crippen molar-refractivity contribution >= 4 is 45.7 Å². The van der Waals surface area contributed by atoms with Gasteiger partial charge in [0.15, 0.2) is 5.43 Å². The maximum Gasteiger partial charge on any atom is 0.244 e. The number of carbonyl (C=O) groups excluding carboxylic acids is 1. The van der Waals surface area contributed by atoms with Gasteiger partial charge in [-0.1, -0.05) is 23.2 Å². The van der Waals surface area contributed by atoms with Crippen LogP contribution in [0.4, 0.5) is 10.1 Å². The summed E-state index contributed by atoms with van der Waals surface area (Å²) in [6.45, 7) is -0.0542. The Bertz CT molecular complexity index is 1000. The number of hydrogen-bond donors (Lipinski definition) is 1. The average molecular weight is 365 g/mol. The third kappa shape index (κ3) is 3.42. The van der Waals surface area contributed by atoms with Gasteiger partial charge < -0.3 is 9.88 Å². The van der Waals surface area contributed by atoms with Gasteiger partial charge in [0.2, 0.25) is 5.91 Å². The van der Waals surface area contributed by atoms with Gasteiger partial charge in [0, 0.05) is 22.7 Å². The van der Waals surface area contributed by atoms with E-state index in [1.54, 1.807) is 16.7 Å². The Balaban J connectivity index is 1.88. The molecule has 3 aromatic rings. The molecule has 0 saturated heterocycles. The van der Waals surface area contributed by atoms with Crippen LogP contribution in [0.1, 0.15) is 0 Å². The van der Waals surface area contributed by atoms with Crippen LogP contribution in [0, 0.1) is 5.82 Å². The quantitative estimate of drug-likeness (QED) is 0.760. The van der Waals surface area contributed by atoms with Gasteiger partial charge in [-0.25, -0.2) is 4.39 Å². The van der Waals surface area contributed by atoms with E-state index in [0.29, 0.717) is 21.2 Å². The molecule has 0 aliphatic rings. The summed E-state index contributed by atoms with van der Waals surface area (Å²) < 4.78 is 14.9. The summed E-state index contributed by atoms with van der Waals surface area (Å²) in [5.74, 6) is -0.844. The largest absolute Gasteiger partial charge is 0.338 e. The molecule has 1 heterocycles. The van der Waals surface area contributed by atoms with Gasteiger partial charge in [0.1, 0.15) is 12.4 Å². The van der Waals surface area contributed by atoms with E-state index in [9.17, 15) is 14.0 Å². The lowest BCUT2D eigenvalue weighted by atomic mass is 10.2. The lowest BCUT2D eigenvalue weighted by Crippen LogP contribution is -2.20. The molecular formula is C17H11Cl2FN2O2. The van der Waals surface area contributed by atoms with E-state index >= 15 is 0 Å². The van der Waals surface area contributed by atoms with Crippen LogP contribution in [-0.2, 0) is 11.3 Å². The first kappa shape index (κ1) is 16.5. The molecule has 0 aliphatic carbocycles. The molecule has 4 nitrogen and oxygen atoms in total. The number of halogens is 3. The van der Waals surface area contributed by atoms with Gasteiger partial charge >= 0.3 is 0 Å². The number of fused-ring (bicyclic) bond motifs is 1. The van der Waals surface area contributed by atoms with Crippen LogP contribution in [0.15, 0.2) is 53.5 Å². The summed E-state index contributed by atoms with van der Waals surface area (Å²) in [7, 11) is 0. The van der Waals surface area contributed by atoms with Crippen LogP contribution in [-0.4, -0.2) is 10.5 Å². The summed E-state index contributed by atoms with van der Waals surface area (Å²) in [6, 6.07) is 9.89. The van der Waals surface area contributed by atoms with Crippen LogP contribution in [0.2, 0.25) is 10.0 Å². The molecule has 0 radical (unpaired) electrons. The second kappa shape index (κ2) is 6.63.